The van der Waals surface area contributed by atoms with E-state index in [1.165, 1.54) is 23.7 Å². The van der Waals surface area contributed by atoms with Gasteiger partial charge in [0.15, 0.2) is 5.69 Å². The van der Waals surface area contributed by atoms with Crippen LogP contribution in [0, 0.1) is 10.1 Å². The molecule has 0 saturated carbocycles. The first-order chi connectivity index (χ1) is 7.78. The van der Waals surface area contributed by atoms with E-state index in [1.807, 2.05) is 0 Å². The lowest BCUT2D eigenvalue weighted by Crippen LogP contribution is -2.49. The Morgan fingerprint density at radius 1 is 1.56 bits per heavy atom. The van der Waals surface area contributed by atoms with Crippen molar-refractivity contribution in [1.82, 2.24) is 9.88 Å². The van der Waals surface area contributed by atoms with Crippen molar-refractivity contribution in [3.63, 3.8) is 0 Å². The highest BCUT2D eigenvalue weighted by Crippen LogP contribution is 2.15. The summed E-state index contributed by atoms with van der Waals surface area (Å²) >= 11 is 0. The van der Waals surface area contributed by atoms with Crippen LogP contribution in [0.3, 0.4) is 0 Å². The molecule has 0 aliphatic carbocycles. The highest BCUT2D eigenvalue weighted by molar-refractivity contribution is 5.93. The van der Waals surface area contributed by atoms with Crippen molar-refractivity contribution in [3.05, 3.63) is 27.9 Å². The molecule has 0 fully saturated rings. The monoisotopic (exact) mass is 276 g/mol. The lowest BCUT2D eigenvalue weighted by molar-refractivity contribution is -0.391. The predicted molar refractivity (Wildman–Crippen MR) is 69.9 cm³/mol. The van der Waals surface area contributed by atoms with Gasteiger partial charge in [-0.3, -0.25) is 4.79 Å². The third-order valence-electron chi connectivity index (χ3n) is 2.48. The molecule has 102 valence electrons. The van der Waals surface area contributed by atoms with E-state index in [1.54, 1.807) is 13.8 Å². The van der Waals surface area contributed by atoms with Gasteiger partial charge in [0.2, 0.25) is 0 Å². The number of nitrogens with two attached hydrogens (primary N) is 1. The first kappa shape index (κ1) is 16.4. The van der Waals surface area contributed by atoms with Crippen LogP contribution < -0.4 is 11.1 Å². The summed E-state index contributed by atoms with van der Waals surface area (Å²) in [5, 5.41) is 13.3. The number of hydrogen-bond acceptors (Lipinski definition) is 4. The molecule has 1 aromatic heterocycles. The largest absolute Gasteiger partial charge is 0.358 e. The van der Waals surface area contributed by atoms with Gasteiger partial charge in [-0.2, -0.15) is 0 Å². The summed E-state index contributed by atoms with van der Waals surface area (Å²) in [4.78, 5) is 22.0. The van der Waals surface area contributed by atoms with E-state index in [4.69, 9.17) is 5.73 Å². The number of nitrogens with zero attached hydrogens (tertiary/aromatic N) is 2. The van der Waals surface area contributed by atoms with Crippen molar-refractivity contribution in [3.8, 4) is 0 Å². The molecule has 0 aliphatic heterocycles. The number of rotatable bonds is 4. The second-order valence-electron chi connectivity index (χ2n) is 4.44. The van der Waals surface area contributed by atoms with Crippen LogP contribution in [0.2, 0.25) is 0 Å². The molecule has 0 bridgehead atoms. The minimum absolute atomic E-state index is 0. The second-order valence-corrected chi connectivity index (χ2v) is 4.44. The number of nitro groups is 1. The summed E-state index contributed by atoms with van der Waals surface area (Å²) in [6.45, 7) is 3.84. The Kier molecular flexibility index (Phi) is 5.31. The van der Waals surface area contributed by atoms with Gasteiger partial charge in [0.1, 0.15) is 0 Å². The molecule has 1 amide bonds. The number of carbonyl (C=O) groups excluding carboxylic acids is 1. The van der Waals surface area contributed by atoms with Crippen LogP contribution in [0.25, 0.3) is 0 Å². The maximum atomic E-state index is 11.9. The molecule has 8 heteroatoms. The zero-order valence-electron chi connectivity index (χ0n) is 10.5. The van der Waals surface area contributed by atoms with E-state index in [0.717, 1.165) is 0 Å². The standard InChI is InChI=1S/C10H16N4O3.ClH/c1-10(2,6-11)12-9(15)7-4-5-8(13(7)3)14(16)17;/h4-5H,6,11H2,1-3H3,(H,12,15);1H. The fourth-order valence-corrected chi connectivity index (χ4v) is 1.33. The van der Waals surface area contributed by atoms with Gasteiger partial charge in [-0.1, -0.05) is 0 Å². The SMILES string of the molecule is Cl.Cn1c(C(=O)NC(C)(C)CN)ccc1[N+](=O)[O-]. The molecule has 0 saturated heterocycles. The van der Waals surface area contributed by atoms with Crippen molar-refractivity contribution in [2.45, 2.75) is 19.4 Å². The molecule has 0 atom stereocenters. The van der Waals surface area contributed by atoms with Crippen LogP contribution in [0.15, 0.2) is 12.1 Å². The van der Waals surface area contributed by atoms with Gasteiger partial charge >= 0.3 is 5.82 Å². The van der Waals surface area contributed by atoms with Crippen molar-refractivity contribution < 1.29 is 9.72 Å². The van der Waals surface area contributed by atoms with Crippen LogP contribution in [-0.4, -0.2) is 27.5 Å². The molecule has 18 heavy (non-hydrogen) atoms. The normalized spacial score (nSPS) is 10.7. The third-order valence-corrected chi connectivity index (χ3v) is 2.48. The van der Waals surface area contributed by atoms with Crippen LogP contribution in [-0.2, 0) is 7.05 Å². The van der Waals surface area contributed by atoms with Crippen molar-refractivity contribution in [1.29, 1.82) is 0 Å². The lowest BCUT2D eigenvalue weighted by atomic mass is 10.1. The number of aromatic nitrogens is 1. The van der Waals surface area contributed by atoms with E-state index >= 15 is 0 Å². The third kappa shape index (κ3) is 3.44. The van der Waals surface area contributed by atoms with Crippen molar-refractivity contribution >= 4 is 24.1 Å². The van der Waals surface area contributed by atoms with E-state index in [9.17, 15) is 14.9 Å². The summed E-state index contributed by atoms with van der Waals surface area (Å²) in [5.74, 6) is -0.503. The summed E-state index contributed by atoms with van der Waals surface area (Å²) in [6, 6.07) is 2.71. The molecule has 1 heterocycles. The molecule has 1 aromatic rings. The van der Waals surface area contributed by atoms with E-state index < -0.39 is 10.5 Å². The second kappa shape index (κ2) is 5.83. The number of halogens is 1. The Morgan fingerprint density at radius 3 is 2.50 bits per heavy atom. The maximum Gasteiger partial charge on any atom is 0.323 e. The Hall–Kier alpha value is -1.60. The molecule has 0 aromatic carbocycles. The van der Waals surface area contributed by atoms with E-state index in [0.29, 0.717) is 0 Å². The topological polar surface area (TPSA) is 103 Å². The predicted octanol–water partition coefficient (Wildman–Crippen LogP) is 0.822. The minimum Gasteiger partial charge on any atom is -0.358 e. The molecule has 0 unspecified atom stereocenters. The fraction of sp³-hybridized carbons (Fsp3) is 0.500. The zero-order chi connectivity index (χ0) is 13.2. The molecule has 1 rings (SSSR count). The fourth-order valence-electron chi connectivity index (χ4n) is 1.33. The summed E-state index contributed by atoms with van der Waals surface area (Å²) in [7, 11) is 1.47. The van der Waals surface area contributed by atoms with Crippen molar-refractivity contribution in [2.75, 3.05) is 6.54 Å². The molecular weight excluding hydrogens is 260 g/mol. The number of amides is 1. The maximum absolute atomic E-state index is 11.9. The van der Waals surface area contributed by atoms with Gasteiger partial charge in [0.05, 0.1) is 7.05 Å². The molecule has 0 aliphatic rings. The Balaban J connectivity index is 0.00000289. The van der Waals surface area contributed by atoms with Gasteiger partial charge in [-0.15, -0.1) is 12.4 Å². The number of nitrogens with one attached hydrogen (secondary N) is 1. The molecule has 7 nitrogen and oxygen atoms in total. The van der Waals surface area contributed by atoms with Crippen molar-refractivity contribution in [2.24, 2.45) is 12.8 Å². The Morgan fingerprint density at radius 2 is 2.11 bits per heavy atom. The summed E-state index contributed by atoms with van der Waals surface area (Å²) in [5.41, 5.74) is 5.18. The average molecular weight is 277 g/mol. The van der Waals surface area contributed by atoms with Gasteiger partial charge in [0.25, 0.3) is 5.91 Å². The first-order valence-electron chi connectivity index (χ1n) is 5.11. The zero-order valence-corrected chi connectivity index (χ0v) is 11.3. The van der Waals surface area contributed by atoms with Crippen LogP contribution in [0.1, 0.15) is 24.3 Å². The van der Waals surface area contributed by atoms with Crippen LogP contribution in [0.4, 0.5) is 5.82 Å². The first-order valence-corrected chi connectivity index (χ1v) is 5.11. The quantitative estimate of drug-likeness (QED) is 0.628. The molecular formula is C10H17ClN4O3. The highest BCUT2D eigenvalue weighted by atomic mass is 35.5. The Labute approximate surface area is 111 Å². The smallest absolute Gasteiger partial charge is 0.323 e. The van der Waals surface area contributed by atoms with Gasteiger partial charge in [0, 0.05) is 18.2 Å². The molecule has 3 N–H and O–H groups in total. The van der Waals surface area contributed by atoms with E-state index in [-0.39, 0.29) is 36.4 Å². The van der Waals surface area contributed by atoms with Gasteiger partial charge in [-0.25, -0.2) is 4.57 Å². The van der Waals surface area contributed by atoms with Gasteiger partial charge < -0.3 is 21.2 Å². The Bertz CT molecular complexity index is 456. The minimum atomic E-state index is -0.546. The number of hydrogen-bond donors (Lipinski definition) is 2. The molecule has 0 radical (unpaired) electrons. The van der Waals surface area contributed by atoms with E-state index in [2.05, 4.69) is 5.32 Å². The number of carbonyl (C=O) groups is 1. The molecule has 0 spiro atoms. The van der Waals surface area contributed by atoms with Gasteiger partial charge in [-0.05, 0) is 24.8 Å². The summed E-state index contributed by atoms with van der Waals surface area (Å²) in [6.07, 6.45) is 0. The highest BCUT2D eigenvalue weighted by Gasteiger charge is 2.25. The lowest BCUT2D eigenvalue weighted by Gasteiger charge is -2.23. The van der Waals surface area contributed by atoms with Crippen LogP contribution >= 0.6 is 12.4 Å². The summed E-state index contributed by atoms with van der Waals surface area (Å²) < 4.78 is 1.24. The average Bonchev–Trinajstić information content (AvgIpc) is 2.59. The van der Waals surface area contributed by atoms with Crippen LogP contribution in [0.5, 0.6) is 0 Å².